The maximum Gasteiger partial charge on any atom is 0.0449 e. The van der Waals surface area contributed by atoms with E-state index in [0.29, 0.717) is 5.92 Å². The molecule has 1 unspecified atom stereocenters. The van der Waals surface area contributed by atoms with E-state index in [1.807, 2.05) is 6.07 Å². The number of unbranched alkanes of at least 4 members (excludes halogenated alkanes) is 2. The fourth-order valence-electron chi connectivity index (χ4n) is 1.63. The standard InChI is InChI=1S/C14H18/c1-3-5-7-10-13(4-2)14-11-8-6-9-12-14/h2,6,8-9,11-13H,3,5,7,10H2,1H3. The Labute approximate surface area is 87.4 Å². The van der Waals surface area contributed by atoms with Crippen LogP contribution in [-0.4, -0.2) is 0 Å². The topological polar surface area (TPSA) is 0 Å². The summed E-state index contributed by atoms with van der Waals surface area (Å²) in [5.74, 6) is 3.19. The van der Waals surface area contributed by atoms with Crippen molar-refractivity contribution in [2.75, 3.05) is 0 Å². The van der Waals surface area contributed by atoms with Gasteiger partial charge in [-0.2, -0.15) is 0 Å². The summed E-state index contributed by atoms with van der Waals surface area (Å²) in [7, 11) is 0. The summed E-state index contributed by atoms with van der Waals surface area (Å²) >= 11 is 0. The maximum atomic E-state index is 5.54. The second-order valence-electron chi connectivity index (χ2n) is 3.63. The third-order valence-corrected chi connectivity index (χ3v) is 2.50. The number of hydrogen-bond acceptors (Lipinski definition) is 0. The van der Waals surface area contributed by atoms with E-state index in [1.54, 1.807) is 0 Å². The third-order valence-electron chi connectivity index (χ3n) is 2.50. The van der Waals surface area contributed by atoms with Gasteiger partial charge in [-0.1, -0.05) is 62.4 Å². The van der Waals surface area contributed by atoms with Gasteiger partial charge in [-0.15, -0.1) is 6.42 Å². The second-order valence-corrected chi connectivity index (χ2v) is 3.63. The summed E-state index contributed by atoms with van der Waals surface area (Å²) < 4.78 is 0. The maximum absolute atomic E-state index is 5.54. The summed E-state index contributed by atoms with van der Waals surface area (Å²) in [4.78, 5) is 0. The third kappa shape index (κ3) is 3.26. The van der Waals surface area contributed by atoms with Crippen molar-refractivity contribution in [2.45, 2.75) is 38.5 Å². The van der Waals surface area contributed by atoms with Gasteiger partial charge in [0.2, 0.25) is 0 Å². The minimum absolute atomic E-state index is 0.308. The molecule has 0 saturated carbocycles. The van der Waals surface area contributed by atoms with Gasteiger partial charge in [-0.05, 0) is 12.0 Å². The predicted molar refractivity (Wildman–Crippen MR) is 62.2 cm³/mol. The average Bonchev–Trinajstić information content (AvgIpc) is 2.26. The largest absolute Gasteiger partial charge is 0.119 e. The molecule has 14 heavy (non-hydrogen) atoms. The summed E-state index contributed by atoms with van der Waals surface area (Å²) in [6, 6.07) is 10.4. The Morgan fingerprint density at radius 1 is 1.21 bits per heavy atom. The molecule has 0 aliphatic heterocycles. The van der Waals surface area contributed by atoms with E-state index >= 15 is 0 Å². The molecule has 0 fully saturated rings. The lowest BCUT2D eigenvalue weighted by Crippen LogP contribution is -1.95. The molecule has 74 valence electrons. The monoisotopic (exact) mass is 186 g/mol. The molecule has 1 aromatic rings. The van der Waals surface area contributed by atoms with Gasteiger partial charge in [0.1, 0.15) is 0 Å². The average molecular weight is 186 g/mol. The van der Waals surface area contributed by atoms with Gasteiger partial charge >= 0.3 is 0 Å². The van der Waals surface area contributed by atoms with Crippen LogP contribution in [0, 0.1) is 12.3 Å². The summed E-state index contributed by atoms with van der Waals surface area (Å²) in [6.45, 7) is 2.22. The molecule has 0 bridgehead atoms. The molecule has 0 amide bonds. The van der Waals surface area contributed by atoms with Gasteiger partial charge in [0, 0.05) is 5.92 Å². The van der Waals surface area contributed by atoms with Crippen molar-refractivity contribution in [3.63, 3.8) is 0 Å². The molecule has 0 aliphatic rings. The number of rotatable bonds is 5. The van der Waals surface area contributed by atoms with Crippen LogP contribution in [0.25, 0.3) is 0 Å². The zero-order valence-electron chi connectivity index (χ0n) is 8.87. The molecule has 0 heteroatoms. The Balaban J connectivity index is 2.52. The molecule has 0 aliphatic carbocycles. The molecule has 0 saturated heterocycles. The van der Waals surface area contributed by atoms with Crippen LogP contribution < -0.4 is 0 Å². The van der Waals surface area contributed by atoms with Crippen LogP contribution in [-0.2, 0) is 0 Å². The SMILES string of the molecule is C#CC(CCCCC)c1ccccc1. The zero-order chi connectivity index (χ0) is 10.2. The highest BCUT2D eigenvalue weighted by atomic mass is 14.1. The van der Waals surface area contributed by atoms with Crippen molar-refractivity contribution in [2.24, 2.45) is 0 Å². The smallest absolute Gasteiger partial charge is 0.0449 e. The normalized spacial score (nSPS) is 12.0. The van der Waals surface area contributed by atoms with Crippen molar-refractivity contribution in [3.8, 4) is 12.3 Å². The quantitative estimate of drug-likeness (QED) is 0.482. The van der Waals surface area contributed by atoms with Crippen LogP contribution in [0.15, 0.2) is 30.3 Å². The van der Waals surface area contributed by atoms with E-state index in [1.165, 1.54) is 24.8 Å². The Morgan fingerprint density at radius 3 is 2.50 bits per heavy atom. The van der Waals surface area contributed by atoms with Gasteiger partial charge in [0.05, 0.1) is 0 Å². The van der Waals surface area contributed by atoms with Crippen molar-refractivity contribution in [1.29, 1.82) is 0 Å². The minimum Gasteiger partial charge on any atom is -0.119 e. The molecule has 0 spiro atoms. The van der Waals surface area contributed by atoms with Crippen LogP contribution >= 0.6 is 0 Å². The van der Waals surface area contributed by atoms with E-state index in [9.17, 15) is 0 Å². The molecule has 0 heterocycles. The van der Waals surface area contributed by atoms with Crippen molar-refractivity contribution >= 4 is 0 Å². The van der Waals surface area contributed by atoms with E-state index in [2.05, 4.69) is 37.1 Å². The molecule has 1 atom stereocenters. The van der Waals surface area contributed by atoms with Crippen molar-refractivity contribution in [1.82, 2.24) is 0 Å². The molecule has 1 aromatic carbocycles. The fourth-order valence-corrected chi connectivity index (χ4v) is 1.63. The molecule has 0 nitrogen and oxygen atoms in total. The van der Waals surface area contributed by atoms with Crippen molar-refractivity contribution < 1.29 is 0 Å². The van der Waals surface area contributed by atoms with Crippen LogP contribution in [0.4, 0.5) is 0 Å². The van der Waals surface area contributed by atoms with Gasteiger partial charge in [-0.25, -0.2) is 0 Å². The molecule has 1 rings (SSSR count). The first kappa shape index (κ1) is 10.9. The van der Waals surface area contributed by atoms with Crippen LogP contribution in [0.1, 0.15) is 44.1 Å². The Hall–Kier alpha value is -1.22. The van der Waals surface area contributed by atoms with E-state index in [-0.39, 0.29) is 0 Å². The van der Waals surface area contributed by atoms with E-state index in [4.69, 9.17) is 6.42 Å². The summed E-state index contributed by atoms with van der Waals surface area (Å²) in [5, 5.41) is 0. The Kier molecular flexibility index (Phi) is 4.86. The number of benzene rings is 1. The van der Waals surface area contributed by atoms with Gasteiger partial charge in [-0.3, -0.25) is 0 Å². The highest BCUT2D eigenvalue weighted by molar-refractivity contribution is 5.26. The summed E-state index contributed by atoms with van der Waals surface area (Å²) in [6.07, 6.45) is 10.4. The molecule has 0 N–H and O–H groups in total. The molecule has 0 aromatic heterocycles. The Bertz CT molecular complexity index is 279. The number of hydrogen-bond donors (Lipinski definition) is 0. The number of terminal acetylenes is 1. The predicted octanol–water partition coefficient (Wildman–Crippen LogP) is 3.98. The van der Waals surface area contributed by atoms with Crippen LogP contribution in [0.2, 0.25) is 0 Å². The van der Waals surface area contributed by atoms with Crippen LogP contribution in [0.3, 0.4) is 0 Å². The molecule has 0 radical (unpaired) electrons. The zero-order valence-corrected chi connectivity index (χ0v) is 8.87. The lowest BCUT2D eigenvalue weighted by molar-refractivity contribution is 0.637. The fraction of sp³-hybridized carbons (Fsp3) is 0.429. The molecular weight excluding hydrogens is 168 g/mol. The van der Waals surface area contributed by atoms with Gasteiger partial charge in [0.15, 0.2) is 0 Å². The lowest BCUT2D eigenvalue weighted by Gasteiger charge is -2.09. The summed E-state index contributed by atoms with van der Waals surface area (Å²) in [5.41, 5.74) is 1.28. The van der Waals surface area contributed by atoms with Crippen molar-refractivity contribution in [3.05, 3.63) is 35.9 Å². The van der Waals surface area contributed by atoms with Gasteiger partial charge in [0.25, 0.3) is 0 Å². The lowest BCUT2D eigenvalue weighted by atomic mass is 9.94. The highest BCUT2D eigenvalue weighted by Gasteiger charge is 2.06. The molecular formula is C14H18. The minimum atomic E-state index is 0.308. The second kappa shape index (κ2) is 6.27. The van der Waals surface area contributed by atoms with Gasteiger partial charge < -0.3 is 0 Å². The first-order valence-corrected chi connectivity index (χ1v) is 5.39. The van der Waals surface area contributed by atoms with E-state index < -0.39 is 0 Å². The van der Waals surface area contributed by atoms with E-state index in [0.717, 1.165) is 6.42 Å². The first-order valence-electron chi connectivity index (χ1n) is 5.39. The Morgan fingerprint density at radius 2 is 1.93 bits per heavy atom. The highest BCUT2D eigenvalue weighted by Crippen LogP contribution is 2.21. The first-order chi connectivity index (χ1) is 6.88. The van der Waals surface area contributed by atoms with Crippen LogP contribution in [0.5, 0.6) is 0 Å².